The highest BCUT2D eigenvalue weighted by atomic mass is 19.1. The van der Waals surface area contributed by atoms with Crippen LogP contribution in [-0.2, 0) is 20.7 Å². The Hall–Kier alpha value is -4.12. The number of aryl methyl sites for hydroxylation is 4. The van der Waals surface area contributed by atoms with E-state index in [1.54, 1.807) is 46.1 Å². The quantitative estimate of drug-likeness (QED) is 0.214. The molecule has 9 nitrogen and oxygen atoms in total. The van der Waals surface area contributed by atoms with Gasteiger partial charge in [0, 0.05) is 37.2 Å². The standard InChI is InChI=1S/C37H48F2N4O5/c1-9-48-33(44)18-31(30-17-26(13-24(6)35(30)39)34-22(4)15-29(47-8)16-23(34)5)40-36(45)32(12-21(2)3)43-37(46)25(7)14-28(41-43)10-11-42-19-27(38)20-42/h13-17,21,27,31-32H,9-12,18-20H2,1-8H3,(H,40,45). The molecular formula is C37H48F2N4O5. The molecule has 0 saturated carbocycles. The molecule has 1 N–H and O–H groups in total. The summed E-state index contributed by atoms with van der Waals surface area (Å²) in [4.78, 5) is 42.5. The summed E-state index contributed by atoms with van der Waals surface area (Å²) in [5, 5.41) is 7.50. The number of carbonyl (C=O) groups is 2. The molecule has 0 radical (unpaired) electrons. The van der Waals surface area contributed by atoms with Gasteiger partial charge < -0.3 is 14.8 Å². The molecule has 2 aromatic carbocycles. The molecule has 1 saturated heterocycles. The van der Waals surface area contributed by atoms with Crippen molar-refractivity contribution in [3.8, 4) is 16.9 Å². The molecule has 1 fully saturated rings. The number of halogens is 2. The van der Waals surface area contributed by atoms with Crippen molar-refractivity contribution in [3.63, 3.8) is 0 Å². The predicted molar refractivity (Wildman–Crippen MR) is 181 cm³/mol. The Kier molecular flexibility index (Phi) is 12.1. The van der Waals surface area contributed by atoms with Crippen molar-refractivity contribution in [2.24, 2.45) is 5.92 Å². The number of hydrogen-bond donors (Lipinski definition) is 1. The fourth-order valence-corrected chi connectivity index (χ4v) is 6.35. The minimum absolute atomic E-state index is 0.00664. The monoisotopic (exact) mass is 666 g/mol. The third-order valence-electron chi connectivity index (χ3n) is 8.74. The Morgan fingerprint density at radius 1 is 1.02 bits per heavy atom. The summed E-state index contributed by atoms with van der Waals surface area (Å²) >= 11 is 0. The van der Waals surface area contributed by atoms with Gasteiger partial charge in [0.1, 0.15) is 23.8 Å². The number of amides is 1. The number of nitrogens with one attached hydrogen (secondary N) is 1. The summed E-state index contributed by atoms with van der Waals surface area (Å²) in [6.07, 6.45) is -0.387. The molecule has 2 unspecified atom stereocenters. The Balaban J connectivity index is 1.75. The number of alkyl halides is 1. The van der Waals surface area contributed by atoms with Crippen molar-refractivity contribution in [1.82, 2.24) is 20.0 Å². The normalized spacial score (nSPS) is 14.8. The van der Waals surface area contributed by atoms with Gasteiger partial charge in [0.2, 0.25) is 5.91 Å². The molecule has 3 aromatic rings. The van der Waals surface area contributed by atoms with Gasteiger partial charge in [-0.25, -0.2) is 13.5 Å². The zero-order valence-electron chi connectivity index (χ0n) is 29.3. The number of aromatic nitrogens is 2. The van der Waals surface area contributed by atoms with Crippen LogP contribution in [0.3, 0.4) is 0 Å². The number of likely N-dealkylation sites (tertiary alicyclic amines) is 1. The maximum atomic E-state index is 16.0. The summed E-state index contributed by atoms with van der Waals surface area (Å²) in [5.41, 5.74) is 4.57. The summed E-state index contributed by atoms with van der Waals surface area (Å²) < 4.78 is 41.3. The maximum absolute atomic E-state index is 16.0. The van der Waals surface area contributed by atoms with Crippen molar-refractivity contribution in [1.29, 1.82) is 0 Å². The van der Waals surface area contributed by atoms with Gasteiger partial charge >= 0.3 is 5.97 Å². The molecule has 1 aromatic heterocycles. The molecule has 2 atom stereocenters. The van der Waals surface area contributed by atoms with Crippen LogP contribution in [0, 0.1) is 39.4 Å². The highest BCUT2D eigenvalue weighted by molar-refractivity contribution is 5.82. The van der Waals surface area contributed by atoms with E-state index in [1.807, 2.05) is 44.7 Å². The van der Waals surface area contributed by atoms with E-state index < -0.39 is 41.5 Å². The first-order valence-electron chi connectivity index (χ1n) is 16.6. The average Bonchev–Trinajstić information content (AvgIpc) is 3.00. The summed E-state index contributed by atoms with van der Waals surface area (Å²) in [6.45, 7) is 14.2. The topological polar surface area (TPSA) is 103 Å². The minimum Gasteiger partial charge on any atom is -0.497 e. The Morgan fingerprint density at radius 3 is 2.27 bits per heavy atom. The van der Waals surface area contributed by atoms with E-state index in [-0.39, 0.29) is 30.9 Å². The van der Waals surface area contributed by atoms with E-state index in [1.165, 1.54) is 4.68 Å². The number of methoxy groups -OCH3 is 1. The number of hydrogen-bond acceptors (Lipinski definition) is 7. The van der Waals surface area contributed by atoms with Crippen molar-refractivity contribution < 1.29 is 27.8 Å². The lowest BCUT2D eigenvalue weighted by Gasteiger charge is -2.34. The summed E-state index contributed by atoms with van der Waals surface area (Å²) in [5.74, 6) is -1.02. The number of benzene rings is 2. The van der Waals surface area contributed by atoms with Crippen molar-refractivity contribution in [3.05, 3.63) is 80.0 Å². The van der Waals surface area contributed by atoms with Crippen LogP contribution in [0.5, 0.6) is 5.75 Å². The second-order valence-corrected chi connectivity index (χ2v) is 13.2. The molecule has 48 heavy (non-hydrogen) atoms. The Labute approximate surface area is 281 Å². The molecule has 1 amide bonds. The van der Waals surface area contributed by atoms with Crippen LogP contribution in [0.1, 0.15) is 79.2 Å². The molecule has 0 bridgehead atoms. The Bertz CT molecular complexity index is 1680. The van der Waals surface area contributed by atoms with E-state index in [4.69, 9.17) is 9.47 Å². The second-order valence-electron chi connectivity index (χ2n) is 13.2. The average molecular weight is 667 g/mol. The van der Waals surface area contributed by atoms with Crippen LogP contribution < -0.4 is 15.6 Å². The van der Waals surface area contributed by atoms with Crippen LogP contribution in [-0.4, -0.2) is 66.1 Å². The van der Waals surface area contributed by atoms with Gasteiger partial charge in [-0.3, -0.25) is 19.3 Å². The van der Waals surface area contributed by atoms with Gasteiger partial charge in [-0.2, -0.15) is 5.10 Å². The van der Waals surface area contributed by atoms with Gasteiger partial charge in [-0.15, -0.1) is 0 Å². The largest absolute Gasteiger partial charge is 0.497 e. The molecule has 260 valence electrons. The zero-order valence-corrected chi connectivity index (χ0v) is 29.3. The van der Waals surface area contributed by atoms with Crippen LogP contribution in [0.2, 0.25) is 0 Å². The molecule has 4 rings (SSSR count). The molecule has 0 spiro atoms. The van der Waals surface area contributed by atoms with Crippen molar-refractivity contribution >= 4 is 11.9 Å². The van der Waals surface area contributed by atoms with E-state index in [2.05, 4.69) is 10.4 Å². The third kappa shape index (κ3) is 8.66. The van der Waals surface area contributed by atoms with Gasteiger partial charge in [0.25, 0.3) is 5.56 Å². The zero-order chi connectivity index (χ0) is 35.3. The van der Waals surface area contributed by atoms with Crippen LogP contribution in [0.15, 0.2) is 35.1 Å². The highest BCUT2D eigenvalue weighted by Crippen LogP contribution is 2.35. The van der Waals surface area contributed by atoms with Crippen LogP contribution >= 0.6 is 0 Å². The fourth-order valence-electron chi connectivity index (χ4n) is 6.35. The first-order chi connectivity index (χ1) is 22.7. The first-order valence-corrected chi connectivity index (χ1v) is 16.6. The lowest BCUT2D eigenvalue weighted by atomic mass is 9.90. The first kappa shape index (κ1) is 36.7. The molecule has 1 aliphatic heterocycles. The van der Waals surface area contributed by atoms with E-state index >= 15 is 4.39 Å². The smallest absolute Gasteiger partial charge is 0.308 e. The van der Waals surface area contributed by atoms with Gasteiger partial charge in [-0.05, 0) is 105 Å². The Morgan fingerprint density at radius 2 is 1.69 bits per heavy atom. The number of rotatable bonds is 14. The summed E-state index contributed by atoms with van der Waals surface area (Å²) in [7, 11) is 1.60. The van der Waals surface area contributed by atoms with Gasteiger partial charge in [-0.1, -0.05) is 13.8 Å². The highest BCUT2D eigenvalue weighted by Gasteiger charge is 2.31. The molecule has 0 aliphatic carbocycles. The molecule has 2 heterocycles. The number of nitrogens with zero attached hydrogens (tertiary/aromatic N) is 3. The second kappa shape index (κ2) is 15.9. The molecule has 11 heteroatoms. The fraction of sp³-hybridized carbons (Fsp3) is 0.514. The maximum Gasteiger partial charge on any atom is 0.308 e. The van der Waals surface area contributed by atoms with Gasteiger partial charge in [0.05, 0.1) is 31.9 Å². The minimum atomic E-state index is -1.09. The number of esters is 1. The predicted octanol–water partition coefficient (Wildman–Crippen LogP) is 5.89. The molecular weight excluding hydrogens is 618 g/mol. The number of carbonyl (C=O) groups excluding carboxylic acids is 2. The molecule has 1 aliphatic rings. The number of ether oxygens (including phenoxy) is 2. The van der Waals surface area contributed by atoms with E-state index in [9.17, 15) is 18.8 Å². The van der Waals surface area contributed by atoms with Gasteiger partial charge in [0.15, 0.2) is 0 Å². The van der Waals surface area contributed by atoms with Crippen LogP contribution in [0.4, 0.5) is 8.78 Å². The summed E-state index contributed by atoms with van der Waals surface area (Å²) in [6, 6.07) is 6.79. The van der Waals surface area contributed by atoms with Crippen LogP contribution in [0.25, 0.3) is 11.1 Å². The van der Waals surface area contributed by atoms with E-state index in [0.29, 0.717) is 48.6 Å². The lowest BCUT2D eigenvalue weighted by Crippen LogP contribution is -2.49. The van der Waals surface area contributed by atoms with Crippen molar-refractivity contribution in [2.45, 2.75) is 86.0 Å². The van der Waals surface area contributed by atoms with E-state index in [0.717, 1.165) is 22.3 Å². The van der Waals surface area contributed by atoms with Crippen molar-refractivity contribution in [2.75, 3.05) is 33.4 Å². The third-order valence-corrected chi connectivity index (χ3v) is 8.74. The lowest BCUT2D eigenvalue weighted by molar-refractivity contribution is -0.144. The SMILES string of the molecule is CCOC(=O)CC(NC(=O)C(CC(C)C)n1nc(CCN2CC(F)C2)cc(C)c1=O)c1cc(-c2c(C)cc(OC)cc2C)cc(C)c1F.